The minimum Gasteiger partial charge on any atom is -0.497 e. The quantitative estimate of drug-likeness (QED) is 0.512. The first-order chi connectivity index (χ1) is 13.2. The summed E-state index contributed by atoms with van der Waals surface area (Å²) < 4.78 is 5.29. The summed E-state index contributed by atoms with van der Waals surface area (Å²) in [7, 11) is 1.67. The standard InChI is InChI=1S/C22H18Cl2N2O/c1-27-18-10-7-16(8-11-18)22-14-21(15-5-3-2-4-6-15)25-26(22)17-9-12-19(23)20(24)13-17/h2-13,22H,14H2,1H3. The third-order valence-electron chi connectivity index (χ3n) is 4.69. The molecule has 1 atom stereocenters. The molecule has 0 bridgehead atoms. The zero-order valence-corrected chi connectivity index (χ0v) is 16.3. The van der Waals surface area contributed by atoms with Gasteiger partial charge in [0.05, 0.1) is 34.6 Å². The van der Waals surface area contributed by atoms with E-state index < -0.39 is 0 Å². The van der Waals surface area contributed by atoms with Crippen LogP contribution in [0.3, 0.4) is 0 Å². The number of hydrogen-bond donors (Lipinski definition) is 0. The number of hydrazone groups is 1. The maximum absolute atomic E-state index is 6.26. The molecule has 1 aliphatic rings. The summed E-state index contributed by atoms with van der Waals surface area (Å²) in [5, 5.41) is 7.99. The summed E-state index contributed by atoms with van der Waals surface area (Å²) in [6.07, 6.45) is 0.802. The van der Waals surface area contributed by atoms with Crippen molar-refractivity contribution in [2.24, 2.45) is 5.10 Å². The lowest BCUT2D eigenvalue weighted by molar-refractivity contribution is 0.414. The highest BCUT2D eigenvalue weighted by Crippen LogP contribution is 2.39. The predicted octanol–water partition coefficient (Wildman–Crippen LogP) is 6.36. The number of ether oxygens (including phenoxy) is 1. The van der Waals surface area contributed by atoms with E-state index >= 15 is 0 Å². The molecule has 1 unspecified atom stereocenters. The number of anilines is 1. The van der Waals surface area contributed by atoms with Crippen LogP contribution in [0.5, 0.6) is 5.75 Å². The van der Waals surface area contributed by atoms with Crippen LogP contribution in [0.15, 0.2) is 77.9 Å². The maximum atomic E-state index is 6.26. The number of hydrogen-bond acceptors (Lipinski definition) is 3. The number of benzene rings is 3. The van der Waals surface area contributed by atoms with Crippen molar-refractivity contribution in [3.8, 4) is 5.75 Å². The van der Waals surface area contributed by atoms with Crippen LogP contribution < -0.4 is 9.75 Å². The first-order valence-corrected chi connectivity index (χ1v) is 9.42. The van der Waals surface area contributed by atoms with E-state index in [1.54, 1.807) is 13.2 Å². The smallest absolute Gasteiger partial charge is 0.118 e. The van der Waals surface area contributed by atoms with Gasteiger partial charge >= 0.3 is 0 Å². The molecule has 1 aliphatic heterocycles. The van der Waals surface area contributed by atoms with Gasteiger partial charge in [0, 0.05) is 6.42 Å². The van der Waals surface area contributed by atoms with Crippen LogP contribution in [0.25, 0.3) is 0 Å². The first-order valence-electron chi connectivity index (χ1n) is 8.67. The number of nitrogens with zero attached hydrogens (tertiary/aromatic N) is 2. The maximum Gasteiger partial charge on any atom is 0.118 e. The number of halogens is 2. The Bertz CT molecular complexity index is 971. The Kier molecular flexibility index (Phi) is 5.06. The molecule has 0 fully saturated rings. The molecule has 0 saturated carbocycles. The van der Waals surface area contributed by atoms with Crippen LogP contribution in [-0.2, 0) is 0 Å². The van der Waals surface area contributed by atoms with E-state index in [1.165, 1.54) is 0 Å². The van der Waals surface area contributed by atoms with Crippen LogP contribution in [0.1, 0.15) is 23.6 Å². The minimum absolute atomic E-state index is 0.0726. The molecule has 27 heavy (non-hydrogen) atoms. The van der Waals surface area contributed by atoms with Gasteiger partial charge in [-0.1, -0.05) is 65.7 Å². The lowest BCUT2D eigenvalue weighted by Crippen LogP contribution is -2.18. The van der Waals surface area contributed by atoms with Crippen molar-refractivity contribution in [1.82, 2.24) is 0 Å². The van der Waals surface area contributed by atoms with E-state index in [2.05, 4.69) is 24.3 Å². The van der Waals surface area contributed by atoms with Crippen molar-refractivity contribution in [2.45, 2.75) is 12.5 Å². The summed E-state index contributed by atoms with van der Waals surface area (Å²) in [4.78, 5) is 0. The van der Waals surface area contributed by atoms with Crippen molar-refractivity contribution in [1.29, 1.82) is 0 Å². The van der Waals surface area contributed by atoms with Gasteiger partial charge < -0.3 is 4.74 Å². The van der Waals surface area contributed by atoms with Gasteiger partial charge in [-0.05, 0) is 41.5 Å². The van der Waals surface area contributed by atoms with Gasteiger partial charge in [-0.25, -0.2) is 0 Å². The van der Waals surface area contributed by atoms with Crippen LogP contribution in [0, 0.1) is 0 Å². The molecule has 3 nitrogen and oxygen atoms in total. The zero-order valence-electron chi connectivity index (χ0n) is 14.8. The average Bonchev–Trinajstić information content (AvgIpc) is 3.16. The first kappa shape index (κ1) is 17.9. The summed E-state index contributed by atoms with van der Waals surface area (Å²) in [6, 6.07) is 24.0. The lowest BCUT2D eigenvalue weighted by atomic mass is 9.98. The van der Waals surface area contributed by atoms with Crippen molar-refractivity contribution in [3.05, 3.63) is 94.0 Å². The second-order valence-corrected chi connectivity index (χ2v) is 7.16. The Labute approximate surface area is 168 Å². The van der Waals surface area contributed by atoms with Gasteiger partial charge in [-0.2, -0.15) is 5.10 Å². The zero-order chi connectivity index (χ0) is 18.8. The second kappa shape index (κ2) is 7.63. The summed E-state index contributed by atoms with van der Waals surface area (Å²) >= 11 is 12.4. The summed E-state index contributed by atoms with van der Waals surface area (Å²) in [5.41, 5.74) is 4.24. The third kappa shape index (κ3) is 3.66. The van der Waals surface area contributed by atoms with Gasteiger partial charge in [0.2, 0.25) is 0 Å². The highest BCUT2D eigenvalue weighted by molar-refractivity contribution is 6.42. The average molecular weight is 397 g/mol. The van der Waals surface area contributed by atoms with E-state index in [1.807, 2.05) is 47.5 Å². The molecule has 3 aromatic rings. The number of rotatable bonds is 4. The van der Waals surface area contributed by atoms with E-state index in [0.29, 0.717) is 10.0 Å². The van der Waals surface area contributed by atoms with Gasteiger partial charge in [0.1, 0.15) is 5.75 Å². The highest BCUT2D eigenvalue weighted by Gasteiger charge is 2.30. The van der Waals surface area contributed by atoms with Crippen LogP contribution in [-0.4, -0.2) is 12.8 Å². The molecule has 0 aromatic heterocycles. The fourth-order valence-corrected chi connectivity index (χ4v) is 3.56. The van der Waals surface area contributed by atoms with Crippen molar-refractivity contribution >= 4 is 34.6 Å². The fraction of sp³-hybridized carbons (Fsp3) is 0.136. The van der Waals surface area contributed by atoms with Crippen LogP contribution in [0.2, 0.25) is 10.0 Å². The van der Waals surface area contributed by atoms with Gasteiger partial charge in [-0.15, -0.1) is 0 Å². The number of methoxy groups -OCH3 is 1. The molecule has 0 saturated heterocycles. The van der Waals surface area contributed by atoms with E-state index in [4.69, 9.17) is 33.0 Å². The molecule has 3 aromatic carbocycles. The summed E-state index contributed by atoms with van der Waals surface area (Å²) in [6.45, 7) is 0. The molecular weight excluding hydrogens is 379 g/mol. The van der Waals surface area contributed by atoms with Gasteiger partial charge in [-0.3, -0.25) is 5.01 Å². The Morgan fingerprint density at radius 1 is 0.926 bits per heavy atom. The molecule has 0 N–H and O–H groups in total. The molecule has 0 amide bonds. The van der Waals surface area contributed by atoms with Gasteiger partial charge in [0.15, 0.2) is 0 Å². The Morgan fingerprint density at radius 2 is 1.67 bits per heavy atom. The molecule has 5 heteroatoms. The fourth-order valence-electron chi connectivity index (χ4n) is 3.27. The van der Waals surface area contributed by atoms with Crippen molar-refractivity contribution in [2.75, 3.05) is 12.1 Å². The SMILES string of the molecule is COc1ccc(C2CC(c3ccccc3)=NN2c2ccc(Cl)c(Cl)c2)cc1. The van der Waals surface area contributed by atoms with Crippen LogP contribution in [0.4, 0.5) is 5.69 Å². The Morgan fingerprint density at radius 3 is 2.33 bits per heavy atom. The van der Waals surface area contributed by atoms with Gasteiger partial charge in [0.25, 0.3) is 0 Å². The Hall–Kier alpha value is -2.49. The minimum atomic E-state index is 0.0726. The summed E-state index contributed by atoms with van der Waals surface area (Å²) in [5.74, 6) is 0.835. The topological polar surface area (TPSA) is 24.8 Å². The highest BCUT2D eigenvalue weighted by atomic mass is 35.5. The Balaban J connectivity index is 1.75. The molecular formula is C22H18Cl2N2O. The second-order valence-electron chi connectivity index (χ2n) is 6.35. The third-order valence-corrected chi connectivity index (χ3v) is 5.42. The van der Waals surface area contributed by atoms with E-state index in [-0.39, 0.29) is 6.04 Å². The largest absolute Gasteiger partial charge is 0.497 e. The van der Waals surface area contributed by atoms with Crippen molar-refractivity contribution < 1.29 is 4.74 Å². The molecule has 0 aliphatic carbocycles. The molecule has 136 valence electrons. The monoisotopic (exact) mass is 396 g/mol. The molecule has 1 heterocycles. The van der Waals surface area contributed by atoms with E-state index in [0.717, 1.165) is 34.7 Å². The predicted molar refractivity (Wildman–Crippen MR) is 112 cm³/mol. The molecule has 4 rings (SSSR count). The van der Waals surface area contributed by atoms with Crippen LogP contribution >= 0.6 is 23.2 Å². The van der Waals surface area contributed by atoms with E-state index in [9.17, 15) is 0 Å². The molecule has 0 spiro atoms. The lowest BCUT2D eigenvalue weighted by Gasteiger charge is -2.24. The normalized spacial score (nSPS) is 16.3. The molecule has 0 radical (unpaired) electrons. The van der Waals surface area contributed by atoms with Crippen molar-refractivity contribution in [3.63, 3.8) is 0 Å².